The largest absolute Gasteiger partial charge is 0.502 e. The molecule has 0 fully saturated rings. The van der Waals surface area contributed by atoms with Crippen molar-refractivity contribution in [2.45, 2.75) is 13.8 Å². The summed E-state index contributed by atoms with van der Waals surface area (Å²) in [5.41, 5.74) is 0.920. The molecule has 0 aliphatic carbocycles. The van der Waals surface area contributed by atoms with Crippen LogP contribution in [0.4, 0.5) is 0 Å². The highest BCUT2D eigenvalue weighted by molar-refractivity contribution is 6.66. The third-order valence-electron chi connectivity index (χ3n) is 5.29. The third kappa shape index (κ3) is 12.0. The first-order chi connectivity index (χ1) is 20.5. The van der Waals surface area contributed by atoms with Gasteiger partial charge in [-0.3, -0.25) is 14.4 Å². The van der Waals surface area contributed by atoms with Crippen LogP contribution < -0.4 is 25.1 Å². The Morgan fingerprint density at radius 3 is 1.60 bits per heavy atom. The first-order valence-electron chi connectivity index (χ1n) is 12.4. The molecule has 2 aromatic carbocycles. The summed E-state index contributed by atoms with van der Waals surface area (Å²) in [5.74, 6) is 0.976. The highest BCUT2D eigenvalue weighted by atomic mass is 35.5. The molecule has 0 saturated carbocycles. The predicted molar refractivity (Wildman–Crippen MR) is 162 cm³/mol. The molecule has 4 aromatic rings. The fraction of sp³-hybridized carbons (Fsp3) is 0.125. The summed E-state index contributed by atoms with van der Waals surface area (Å²) in [6.07, 6.45) is 8.28. The van der Waals surface area contributed by atoms with Crippen molar-refractivity contribution in [2.75, 3.05) is 14.2 Å². The minimum Gasteiger partial charge on any atom is -0.502 e. The molecule has 43 heavy (non-hydrogen) atoms. The normalized spacial score (nSPS) is 10.3. The van der Waals surface area contributed by atoms with Crippen molar-refractivity contribution in [2.24, 2.45) is 0 Å². The van der Waals surface area contributed by atoms with Crippen LogP contribution in [0.25, 0.3) is 12.2 Å². The second kappa shape index (κ2) is 17.5. The SMILES string of the molecule is COc1ccc(/C=C/C(=O)Cl)cc1.COc1ccc(/C=C/C(=O)Oc2c(C)occc2=O)cc1.Cc1occc(=O)c1O. The zero-order chi connectivity index (χ0) is 31.8. The lowest BCUT2D eigenvalue weighted by molar-refractivity contribution is -0.129. The molecule has 10 nitrogen and oxygen atoms in total. The van der Waals surface area contributed by atoms with Gasteiger partial charge in [0.25, 0.3) is 0 Å². The van der Waals surface area contributed by atoms with Gasteiger partial charge in [0.05, 0.1) is 26.7 Å². The Bertz CT molecular complexity index is 1660. The summed E-state index contributed by atoms with van der Waals surface area (Å²) in [5, 5.41) is 8.32. The van der Waals surface area contributed by atoms with E-state index in [1.54, 1.807) is 57.6 Å². The van der Waals surface area contributed by atoms with E-state index >= 15 is 0 Å². The Hall–Kier alpha value is -5.35. The average Bonchev–Trinajstić information content (AvgIpc) is 3.01. The van der Waals surface area contributed by atoms with Crippen molar-refractivity contribution < 1.29 is 37.7 Å². The molecule has 224 valence electrons. The number of ether oxygens (including phenoxy) is 3. The van der Waals surface area contributed by atoms with Crippen molar-refractivity contribution in [1.82, 2.24) is 0 Å². The topological polar surface area (TPSA) is 142 Å². The number of hydrogen-bond acceptors (Lipinski definition) is 10. The van der Waals surface area contributed by atoms with Crippen LogP contribution in [0, 0.1) is 13.8 Å². The van der Waals surface area contributed by atoms with E-state index in [0.717, 1.165) is 22.6 Å². The van der Waals surface area contributed by atoms with Crippen LogP contribution >= 0.6 is 11.6 Å². The van der Waals surface area contributed by atoms with E-state index in [1.165, 1.54) is 43.7 Å². The molecule has 0 aliphatic heterocycles. The van der Waals surface area contributed by atoms with Crippen molar-refractivity contribution in [1.29, 1.82) is 0 Å². The zero-order valence-corrected chi connectivity index (χ0v) is 24.5. The molecule has 2 aromatic heterocycles. The summed E-state index contributed by atoms with van der Waals surface area (Å²) < 4.78 is 24.7. The minimum absolute atomic E-state index is 0.0955. The maximum atomic E-state index is 11.7. The minimum atomic E-state index is -0.646. The molecule has 11 heteroatoms. The van der Waals surface area contributed by atoms with E-state index in [1.807, 2.05) is 24.3 Å². The molecule has 1 N–H and O–H groups in total. The van der Waals surface area contributed by atoms with Gasteiger partial charge in [-0.05, 0) is 73.0 Å². The summed E-state index contributed by atoms with van der Waals surface area (Å²) in [7, 11) is 3.18. The number of hydrogen-bond donors (Lipinski definition) is 1. The number of allylic oxidation sites excluding steroid dienone is 1. The van der Waals surface area contributed by atoms with E-state index in [-0.39, 0.29) is 23.0 Å². The second-order valence-corrected chi connectivity index (χ2v) is 8.67. The highest BCUT2D eigenvalue weighted by Crippen LogP contribution is 2.14. The van der Waals surface area contributed by atoms with Gasteiger partial charge in [-0.15, -0.1) is 0 Å². The lowest BCUT2D eigenvalue weighted by Gasteiger charge is -2.02. The Kier molecular flexibility index (Phi) is 13.7. The molecule has 0 atom stereocenters. The van der Waals surface area contributed by atoms with Gasteiger partial charge in [-0.1, -0.05) is 30.3 Å². The van der Waals surface area contributed by atoms with Crippen molar-refractivity contribution in [3.63, 3.8) is 0 Å². The van der Waals surface area contributed by atoms with E-state index < -0.39 is 22.1 Å². The van der Waals surface area contributed by atoms with Crippen LogP contribution in [0.3, 0.4) is 0 Å². The van der Waals surface area contributed by atoms with Gasteiger partial charge in [0.2, 0.25) is 27.6 Å². The van der Waals surface area contributed by atoms with E-state index in [9.17, 15) is 19.2 Å². The molecular formula is C32H29ClO10. The maximum Gasteiger partial charge on any atom is 0.336 e. The van der Waals surface area contributed by atoms with Gasteiger partial charge in [0.15, 0.2) is 0 Å². The predicted octanol–water partition coefficient (Wildman–Crippen LogP) is 5.70. The molecule has 2 heterocycles. The number of halogens is 1. The van der Waals surface area contributed by atoms with Crippen LogP contribution in [0.1, 0.15) is 22.6 Å². The van der Waals surface area contributed by atoms with Gasteiger partial charge >= 0.3 is 5.97 Å². The lowest BCUT2D eigenvalue weighted by atomic mass is 10.2. The molecule has 0 amide bonds. The third-order valence-corrected chi connectivity index (χ3v) is 5.42. The van der Waals surface area contributed by atoms with E-state index in [2.05, 4.69) is 4.42 Å². The Morgan fingerprint density at radius 2 is 1.19 bits per heavy atom. The standard InChI is InChI=1S/C16H14O5.C10H9ClO2.C6H6O3/c1-11-16(14(17)9-10-20-11)21-15(18)8-5-12-3-6-13(19-2)7-4-12;1-13-9-5-2-8(3-6-9)4-7-10(11)12;1-4-6(8)5(7)2-3-9-4/h3-10H,1-2H3;2-7H,1H3;2-3,8H,1H3/b8-5+;7-4+;. The molecule has 0 saturated heterocycles. The monoisotopic (exact) mass is 608 g/mol. The smallest absolute Gasteiger partial charge is 0.336 e. The molecule has 0 bridgehead atoms. The summed E-state index contributed by atoms with van der Waals surface area (Å²) >= 11 is 5.14. The fourth-order valence-electron chi connectivity index (χ4n) is 3.02. The first-order valence-corrected chi connectivity index (χ1v) is 12.8. The van der Waals surface area contributed by atoms with Gasteiger partial charge in [0.1, 0.15) is 23.0 Å². The molecular weight excluding hydrogens is 580 g/mol. The Labute approximate surface area is 252 Å². The summed E-state index contributed by atoms with van der Waals surface area (Å²) in [4.78, 5) is 44.2. The number of benzene rings is 2. The van der Waals surface area contributed by atoms with Crippen molar-refractivity contribution >= 4 is 35.0 Å². The summed E-state index contributed by atoms with van der Waals surface area (Å²) in [6, 6.07) is 16.8. The molecule has 0 radical (unpaired) electrons. The van der Waals surface area contributed by atoms with Crippen LogP contribution in [0.15, 0.2) is 104 Å². The van der Waals surface area contributed by atoms with Crippen LogP contribution in [-0.4, -0.2) is 30.5 Å². The molecule has 0 unspecified atom stereocenters. The molecule has 0 aliphatic rings. The van der Waals surface area contributed by atoms with E-state index in [4.69, 9.17) is 35.3 Å². The van der Waals surface area contributed by atoms with Gasteiger partial charge < -0.3 is 28.2 Å². The zero-order valence-electron chi connectivity index (χ0n) is 23.7. The summed E-state index contributed by atoms with van der Waals surface area (Å²) in [6.45, 7) is 3.08. The van der Waals surface area contributed by atoms with Crippen molar-refractivity contribution in [3.05, 3.63) is 128 Å². The highest BCUT2D eigenvalue weighted by Gasteiger charge is 2.10. The number of aryl methyl sites for hydroxylation is 2. The lowest BCUT2D eigenvalue weighted by Crippen LogP contribution is -2.13. The van der Waals surface area contributed by atoms with Crippen molar-refractivity contribution in [3.8, 4) is 23.0 Å². The van der Waals surface area contributed by atoms with Gasteiger partial charge in [-0.25, -0.2) is 4.79 Å². The fourth-order valence-corrected chi connectivity index (χ4v) is 3.08. The van der Waals surface area contributed by atoms with Gasteiger partial charge in [0, 0.05) is 18.2 Å². The first kappa shape index (κ1) is 33.9. The second-order valence-electron chi connectivity index (χ2n) is 8.30. The number of esters is 1. The van der Waals surface area contributed by atoms with E-state index in [0.29, 0.717) is 0 Å². The number of carbonyl (C=O) groups excluding carboxylic acids is 2. The molecule has 0 spiro atoms. The number of aromatic hydroxyl groups is 1. The van der Waals surface area contributed by atoms with Crippen LogP contribution in [0.2, 0.25) is 0 Å². The Morgan fingerprint density at radius 1 is 0.721 bits per heavy atom. The van der Waals surface area contributed by atoms with Crippen LogP contribution in [-0.2, 0) is 9.59 Å². The quantitative estimate of drug-likeness (QED) is 0.158. The molecule has 4 rings (SSSR count). The average molecular weight is 609 g/mol. The number of rotatable bonds is 7. The maximum absolute atomic E-state index is 11.7. The number of methoxy groups -OCH3 is 2. The Balaban J connectivity index is 0.000000249. The number of carbonyl (C=O) groups is 2. The van der Waals surface area contributed by atoms with Crippen LogP contribution in [0.5, 0.6) is 23.0 Å². The van der Waals surface area contributed by atoms with Gasteiger partial charge in [-0.2, -0.15) is 0 Å².